The molecule has 212 valence electrons. The summed E-state index contributed by atoms with van der Waals surface area (Å²) in [6.07, 6.45) is 5.52. The van der Waals surface area contributed by atoms with Crippen molar-refractivity contribution >= 4 is 17.7 Å². The molecule has 0 aliphatic carbocycles. The van der Waals surface area contributed by atoms with Crippen molar-refractivity contribution in [1.82, 2.24) is 29.9 Å². The second kappa shape index (κ2) is 13.2. The lowest BCUT2D eigenvalue weighted by Gasteiger charge is -2.36. The summed E-state index contributed by atoms with van der Waals surface area (Å²) < 4.78 is 12.4. The zero-order valence-electron chi connectivity index (χ0n) is 23.5. The Morgan fingerprint density at radius 3 is 2.70 bits per heavy atom. The van der Waals surface area contributed by atoms with Crippen molar-refractivity contribution < 1.29 is 23.9 Å². The number of ether oxygens (including phenoxy) is 2. The maximum Gasteiger partial charge on any atom is 0.248 e. The molecule has 1 amide bonds. The van der Waals surface area contributed by atoms with E-state index in [9.17, 15) is 9.59 Å². The lowest BCUT2D eigenvalue weighted by molar-refractivity contribution is -0.208. The minimum absolute atomic E-state index is 0.0107. The van der Waals surface area contributed by atoms with Crippen LogP contribution in [0.25, 0.3) is 5.95 Å². The number of benzene rings is 1. The number of rotatable bonds is 11. The van der Waals surface area contributed by atoms with Crippen LogP contribution in [0.4, 0.5) is 5.82 Å². The number of carbonyl (C=O) groups excluding carboxylic acids is 2. The van der Waals surface area contributed by atoms with Gasteiger partial charge in [-0.2, -0.15) is 4.98 Å². The maximum atomic E-state index is 13.6. The topological polar surface area (TPSA) is 124 Å². The fourth-order valence-corrected chi connectivity index (χ4v) is 4.35. The number of nitrogens with zero attached hydrogens (tertiary/aromatic N) is 6. The average molecular weight is 550 g/mol. The summed E-state index contributed by atoms with van der Waals surface area (Å²) in [4.78, 5) is 46.9. The summed E-state index contributed by atoms with van der Waals surface area (Å²) in [6, 6.07) is 6.67. The van der Waals surface area contributed by atoms with Crippen molar-refractivity contribution in [2.75, 3.05) is 32.2 Å². The molecule has 4 rings (SSSR count). The summed E-state index contributed by atoms with van der Waals surface area (Å²) >= 11 is 0. The van der Waals surface area contributed by atoms with E-state index < -0.39 is 6.04 Å². The fraction of sp³-hybridized carbons (Fsp3) is 0.429. The zero-order chi connectivity index (χ0) is 28.6. The Labute approximate surface area is 233 Å². The number of amides is 1. The van der Waals surface area contributed by atoms with Crippen LogP contribution in [-0.2, 0) is 21.0 Å². The average Bonchev–Trinajstić information content (AvgIpc) is 3.51. The number of nitrogens with one attached hydrogen (secondary N) is 1. The first kappa shape index (κ1) is 28.8. The molecule has 12 nitrogen and oxygen atoms in total. The molecule has 2 aromatic heterocycles. The van der Waals surface area contributed by atoms with Gasteiger partial charge in [-0.3, -0.25) is 14.2 Å². The number of hydrogen-bond donors (Lipinski definition) is 1. The summed E-state index contributed by atoms with van der Waals surface area (Å²) in [7, 11) is 3.13. The molecule has 1 fully saturated rings. The van der Waals surface area contributed by atoms with Crippen LogP contribution in [0.1, 0.15) is 37.9 Å². The molecular formula is C28H35N7O5. The van der Waals surface area contributed by atoms with Crippen molar-refractivity contribution in [3.05, 3.63) is 59.9 Å². The lowest BCUT2D eigenvalue weighted by Crippen LogP contribution is -2.51. The van der Waals surface area contributed by atoms with Crippen LogP contribution in [0.15, 0.2) is 48.7 Å². The number of piperazine rings is 1. The number of aryl methyl sites for hydroxylation is 1. The predicted octanol–water partition coefficient (Wildman–Crippen LogP) is 2.63. The lowest BCUT2D eigenvalue weighted by atomic mass is 10.1. The van der Waals surface area contributed by atoms with Gasteiger partial charge in [-0.15, -0.1) is 0 Å². The van der Waals surface area contributed by atoms with E-state index in [2.05, 4.69) is 26.2 Å². The quantitative estimate of drug-likeness (QED) is 0.282. The minimum Gasteiger partial charge on any atom is -0.493 e. The fourth-order valence-electron chi connectivity index (χ4n) is 4.35. The summed E-state index contributed by atoms with van der Waals surface area (Å²) in [5.41, 5.74) is 1.83. The van der Waals surface area contributed by atoms with E-state index in [0.29, 0.717) is 42.1 Å². The van der Waals surface area contributed by atoms with Gasteiger partial charge in [0.1, 0.15) is 23.8 Å². The molecule has 40 heavy (non-hydrogen) atoms. The molecule has 3 heterocycles. The molecule has 12 heteroatoms. The largest absolute Gasteiger partial charge is 0.493 e. The summed E-state index contributed by atoms with van der Waals surface area (Å²) in [5.74, 6) is 3.92. The third-order valence-electron chi connectivity index (χ3n) is 6.61. The Morgan fingerprint density at radius 1 is 1.23 bits per heavy atom. The molecule has 2 unspecified atom stereocenters. The van der Waals surface area contributed by atoms with Crippen LogP contribution >= 0.6 is 0 Å². The molecular weight excluding hydrogens is 514 g/mol. The minimum atomic E-state index is -0.584. The molecule has 0 saturated carbocycles. The molecule has 0 spiro atoms. The third-order valence-corrected chi connectivity index (χ3v) is 6.61. The highest BCUT2D eigenvalue weighted by Crippen LogP contribution is 2.29. The monoisotopic (exact) mass is 549 g/mol. The van der Waals surface area contributed by atoms with Gasteiger partial charge in [0.25, 0.3) is 0 Å². The molecule has 1 aromatic carbocycles. The van der Waals surface area contributed by atoms with Gasteiger partial charge in [0.2, 0.25) is 11.9 Å². The number of carbonyl (C=O) groups is 1. The number of anilines is 1. The van der Waals surface area contributed by atoms with E-state index in [0.717, 1.165) is 17.7 Å². The Hall–Kier alpha value is -4.25. The van der Waals surface area contributed by atoms with Crippen LogP contribution in [0, 0.1) is 6.92 Å². The maximum absolute atomic E-state index is 13.6. The first-order chi connectivity index (χ1) is 19.4. The molecule has 1 saturated heterocycles. The second-order valence-corrected chi connectivity index (χ2v) is 9.43. The van der Waals surface area contributed by atoms with Crippen LogP contribution in [0.5, 0.6) is 11.5 Å². The highest BCUT2D eigenvalue weighted by molar-refractivity contribution is 5.78. The number of imidazole rings is 1. The van der Waals surface area contributed by atoms with Gasteiger partial charge in [-0.25, -0.2) is 19.8 Å². The van der Waals surface area contributed by atoms with Crippen molar-refractivity contribution in [2.24, 2.45) is 0 Å². The van der Waals surface area contributed by atoms with Crippen LogP contribution < -0.4 is 19.7 Å². The first-order valence-corrected chi connectivity index (χ1v) is 13.1. The predicted molar refractivity (Wildman–Crippen MR) is 148 cm³/mol. The zero-order valence-corrected chi connectivity index (χ0v) is 23.5. The number of aromatic nitrogens is 4. The highest BCUT2D eigenvalue weighted by atomic mass is 16.7. The van der Waals surface area contributed by atoms with E-state index >= 15 is 0 Å². The molecule has 1 aliphatic heterocycles. The normalized spacial score (nSPS) is 15.9. The Balaban J connectivity index is 1.56. The van der Waals surface area contributed by atoms with Gasteiger partial charge < -0.3 is 19.7 Å². The van der Waals surface area contributed by atoms with Gasteiger partial charge in [0, 0.05) is 37.2 Å². The first-order valence-electron chi connectivity index (χ1n) is 13.1. The van der Waals surface area contributed by atoms with Gasteiger partial charge in [0.15, 0.2) is 11.5 Å². The highest BCUT2D eigenvalue weighted by Gasteiger charge is 2.32. The molecule has 0 bridgehead atoms. The third kappa shape index (κ3) is 6.66. The summed E-state index contributed by atoms with van der Waals surface area (Å²) in [6.45, 7) is 6.96. The van der Waals surface area contributed by atoms with E-state index in [1.807, 2.05) is 32.9 Å². The Morgan fingerprint density at radius 2 is 2.02 bits per heavy atom. The Kier molecular flexibility index (Phi) is 9.49. The van der Waals surface area contributed by atoms with Crippen LogP contribution in [0.2, 0.25) is 0 Å². The van der Waals surface area contributed by atoms with Crippen molar-refractivity contribution in [3.63, 3.8) is 0 Å². The van der Waals surface area contributed by atoms with E-state index in [-0.39, 0.29) is 25.0 Å². The standard InChI is InChI=1S/C28H35N7O5/c1-6-20(3)40-35(16-21-7-8-24(38-4)25(14-21)39-5)27(37)15-22-23(17-36)34(12-10-30-22)26-13-19(2)31-28(32-26)33-11-9-29-18-33/h7-9,11,13-14,18,20,22,30H,6,10,12,15-16H2,1-5H3. The van der Waals surface area contributed by atoms with Crippen molar-refractivity contribution in [2.45, 2.75) is 52.3 Å². The molecule has 2 atom stereocenters. The molecule has 3 aromatic rings. The number of methoxy groups -OCH3 is 2. The Bertz CT molecular complexity index is 1360. The van der Waals surface area contributed by atoms with E-state index in [1.54, 1.807) is 54.5 Å². The molecule has 1 N–H and O–H groups in total. The van der Waals surface area contributed by atoms with Gasteiger partial charge in [0.05, 0.1) is 39.3 Å². The van der Waals surface area contributed by atoms with Gasteiger partial charge in [-0.05, 0) is 38.0 Å². The number of hydrogen-bond acceptors (Lipinski definition) is 10. The van der Waals surface area contributed by atoms with Crippen molar-refractivity contribution in [3.8, 4) is 17.4 Å². The van der Waals surface area contributed by atoms with Crippen LogP contribution in [0.3, 0.4) is 0 Å². The van der Waals surface area contributed by atoms with Crippen LogP contribution in [-0.4, -0.2) is 75.9 Å². The van der Waals surface area contributed by atoms with E-state index in [4.69, 9.17) is 14.3 Å². The SMILES string of the molecule is CCC(C)ON(Cc1ccc(OC)c(OC)c1)C(=O)CC1NCCN(c2cc(C)nc(-n3ccnc3)n2)C1=C=O. The van der Waals surface area contributed by atoms with Gasteiger partial charge in [-0.1, -0.05) is 13.0 Å². The smallest absolute Gasteiger partial charge is 0.248 e. The van der Waals surface area contributed by atoms with E-state index in [1.165, 1.54) is 5.06 Å². The summed E-state index contributed by atoms with van der Waals surface area (Å²) in [5, 5.41) is 4.64. The molecule has 0 radical (unpaired) electrons. The van der Waals surface area contributed by atoms with Crippen molar-refractivity contribution in [1.29, 1.82) is 0 Å². The van der Waals surface area contributed by atoms with Gasteiger partial charge >= 0.3 is 0 Å². The number of hydroxylamine groups is 2. The molecule has 1 aliphatic rings. The second-order valence-electron chi connectivity index (χ2n) is 9.43.